The molecule has 0 bridgehead atoms. The topological polar surface area (TPSA) is 26.3 Å². The number of benzene rings is 1. The van der Waals surface area contributed by atoms with Gasteiger partial charge in [-0.3, -0.25) is 4.57 Å². The van der Waals surface area contributed by atoms with Crippen LogP contribution in [0.3, 0.4) is 0 Å². The third-order valence-corrected chi connectivity index (χ3v) is 6.43. The molecule has 1 fully saturated rings. The third-order valence-electron chi connectivity index (χ3n) is 4.52. The van der Waals surface area contributed by atoms with E-state index < -0.39 is 7.37 Å². The molecule has 4 atom stereocenters. The second-order valence-electron chi connectivity index (χ2n) is 6.65. The molecule has 3 heteroatoms. The molecule has 0 N–H and O–H groups in total. The molecule has 0 aliphatic heterocycles. The monoisotopic (exact) mass is 294 g/mol. The lowest BCUT2D eigenvalue weighted by Crippen LogP contribution is -2.34. The molecule has 0 amide bonds. The summed E-state index contributed by atoms with van der Waals surface area (Å²) in [6, 6.07) is 9.63. The lowest BCUT2D eigenvalue weighted by atomic mass is 9.75. The van der Waals surface area contributed by atoms with E-state index in [-0.39, 0.29) is 6.10 Å². The van der Waals surface area contributed by atoms with Crippen LogP contribution in [0.2, 0.25) is 0 Å². The minimum absolute atomic E-state index is 0.134. The van der Waals surface area contributed by atoms with Crippen molar-refractivity contribution in [3.05, 3.63) is 30.3 Å². The molecule has 20 heavy (non-hydrogen) atoms. The number of hydrogen-bond acceptors (Lipinski definition) is 2. The predicted octanol–water partition coefficient (Wildman–Crippen LogP) is 4.70. The van der Waals surface area contributed by atoms with Crippen LogP contribution in [0.4, 0.5) is 0 Å². The first-order valence-corrected chi connectivity index (χ1v) is 9.79. The van der Waals surface area contributed by atoms with Crippen molar-refractivity contribution in [2.45, 2.75) is 46.1 Å². The van der Waals surface area contributed by atoms with Crippen LogP contribution in [0, 0.1) is 17.8 Å². The Morgan fingerprint density at radius 1 is 1.20 bits per heavy atom. The molecular weight excluding hydrogens is 267 g/mol. The normalized spacial score (nSPS) is 30.1. The lowest BCUT2D eigenvalue weighted by Gasteiger charge is -2.38. The summed E-state index contributed by atoms with van der Waals surface area (Å²) < 4.78 is 19.1. The summed E-state index contributed by atoms with van der Waals surface area (Å²) in [4.78, 5) is 0. The molecule has 1 aliphatic rings. The maximum atomic E-state index is 12.9. The number of rotatable bonds is 4. The Morgan fingerprint density at radius 3 is 2.45 bits per heavy atom. The molecular formula is C17H27O2P. The second kappa shape index (κ2) is 6.45. The lowest BCUT2D eigenvalue weighted by molar-refractivity contribution is 0.0506. The van der Waals surface area contributed by atoms with Crippen LogP contribution in [-0.4, -0.2) is 12.8 Å². The van der Waals surface area contributed by atoms with Crippen molar-refractivity contribution in [2.75, 3.05) is 6.66 Å². The zero-order chi connectivity index (χ0) is 14.8. The van der Waals surface area contributed by atoms with E-state index in [0.717, 1.165) is 11.7 Å². The molecule has 0 radical (unpaired) electrons. The van der Waals surface area contributed by atoms with Crippen LogP contribution in [0.15, 0.2) is 30.3 Å². The summed E-state index contributed by atoms with van der Waals surface area (Å²) in [7, 11) is -2.72. The fourth-order valence-electron chi connectivity index (χ4n) is 3.25. The summed E-state index contributed by atoms with van der Waals surface area (Å²) >= 11 is 0. The maximum Gasteiger partial charge on any atom is 0.229 e. The standard InChI is InChI=1S/C17H27O2P/c1-13(2)16-11-10-14(3)12-17(16)19-20(4,18)15-8-6-5-7-9-15/h5-9,13-14,16-17H,10-12H2,1-4H3/t14-,16-,17+,20?/m0/s1. The smallest absolute Gasteiger partial charge is 0.229 e. The van der Waals surface area contributed by atoms with E-state index in [2.05, 4.69) is 20.8 Å². The Balaban J connectivity index is 2.15. The van der Waals surface area contributed by atoms with Gasteiger partial charge in [0.05, 0.1) is 6.10 Å². The maximum absolute atomic E-state index is 12.9. The van der Waals surface area contributed by atoms with Gasteiger partial charge in [0.25, 0.3) is 0 Å². The summed E-state index contributed by atoms with van der Waals surface area (Å²) in [5.41, 5.74) is 0. The van der Waals surface area contributed by atoms with Gasteiger partial charge in [-0.05, 0) is 42.7 Å². The second-order valence-corrected chi connectivity index (χ2v) is 9.07. The summed E-state index contributed by atoms with van der Waals surface area (Å²) in [5, 5.41) is 0.834. The van der Waals surface area contributed by atoms with E-state index in [9.17, 15) is 4.57 Å². The van der Waals surface area contributed by atoms with Crippen molar-refractivity contribution in [3.63, 3.8) is 0 Å². The van der Waals surface area contributed by atoms with Crippen molar-refractivity contribution in [2.24, 2.45) is 17.8 Å². The largest absolute Gasteiger partial charge is 0.322 e. The highest BCUT2D eigenvalue weighted by molar-refractivity contribution is 7.66. The van der Waals surface area contributed by atoms with Gasteiger partial charge in [-0.1, -0.05) is 45.4 Å². The van der Waals surface area contributed by atoms with Crippen molar-refractivity contribution in [1.29, 1.82) is 0 Å². The van der Waals surface area contributed by atoms with Crippen LogP contribution < -0.4 is 5.30 Å². The molecule has 1 aliphatic carbocycles. The Hall–Kier alpha value is -0.590. The molecule has 112 valence electrons. The van der Waals surface area contributed by atoms with Crippen molar-refractivity contribution >= 4 is 12.7 Å². The van der Waals surface area contributed by atoms with Gasteiger partial charge in [-0.15, -0.1) is 0 Å². The molecule has 0 heterocycles. The van der Waals surface area contributed by atoms with Crippen LogP contribution in [-0.2, 0) is 9.09 Å². The highest BCUT2D eigenvalue weighted by Crippen LogP contribution is 2.48. The first kappa shape index (κ1) is 15.8. The first-order chi connectivity index (χ1) is 9.40. The van der Waals surface area contributed by atoms with Crippen LogP contribution in [0.5, 0.6) is 0 Å². The van der Waals surface area contributed by atoms with Crippen LogP contribution in [0.25, 0.3) is 0 Å². The molecule has 1 saturated carbocycles. The van der Waals surface area contributed by atoms with Crippen molar-refractivity contribution in [1.82, 2.24) is 0 Å². The summed E-state index contributed by atoms with van der Waals surface area (Å²) in [6.07, 6.45) is 3.63. The van der Waals surface area contributed by atoms with E-state index in [0.29, 0.717) is 17.8 Å². The Bertz CT molecular complexity index is 469. The van der Waals surface area contributed by atoms with Gasteiger partial charge in [-0.2, -0.15) is 0 Å². The van der Waals surface area contributed by atoms with Crippen molar-refractivity contribution in [3.8, 4) is 0 Å². The Labute approximate surface area is 123 Å². The molecule has 0 saturated heterocycles. The Morgan fingerprint density at radius 2 is 1.85 bits per heavy atom. The van der Waals surface area contributed by atoms with E-state index in [4.69, 9.17) is 4.52 Å². The van der Waals surface area contributed by atoms with Gasteiger partial charge in [0, 0.05) is 12.0 Å². The highest BCUT2D eigenvalue weighted by Gasteiger charge is 2.35. The fraction of sp³-hybridized carbons (Fsp3) is 0.647. The van der Waals surface area contributed by atoms with Gasteiger partial charge >= 0.3 is 0 Å². The van der Waals surface area contributed by atoms with Crippen LogP contribution in [0.1, 0.15) is 40.0 Å². The quantitative estimate of drug-likeness (QED) is 0.753. The summed E-state index contributed by atoms with van der Waals surface area (Å²) in [5.74, 6) is 1.79. The van der Waals surface area contributed by atoms with Gasteiger partial charge < -0.3 is 4.52 Å². The van der Waals surface area contributed by atoms with Crippen molar-refractivity contribution < 1.29 is 9.09 Å². The third kappa shape index (κ3) is 3.74. The van der Waals surface area contributed by atoms with E-state index in [1.54, 1.807) is 6.66 Å². The minimum Gasteiger partial charge on any atom is -0.322 e. The average molecular weight is 294 g/mol. The highest BCUT2D eigenvalue weighted by atomic mass is 31.2. The minimum atomic E-state index is -2.72. The average Bonchev–Trinajstić information content (AvgIpc) is 2.39. The Kier molecular flexibility index (Phi) is 5.09. The predicted molar refractivity (Wildman–Crippen MR) is 85.8 cm³/mol. The number of hydrogen-bond donors (Lipinski definition) is 0. The van der Waals surface area contributed by atoms with Crippen LogP contribution >= 0.6 is 7.37 Å². The molecule has 1 unspecified atom stereocenters. The first-order valence-electron chi connectivity index (χ1n) is 7.71. The van der Waals surface area contributed by atoms with E-state index in [1.807, 2.05) is 30.3 Å². The van der Waals surface area contributed by atoms with Gasteiger partial charge in [0.15, 0.2) is 0 Å². The zero-order valence-corrected chi connectivity index (χ0v) is 14.0. The van der Waals surface area contributed by atoms with E-state index >= 15 is 0 Å². The fourth-order valence-corrected chi connectivity index (χ4v) is 4.85. The molecule has 2 rings (SSSR count). The summed E-state index contributed by atoms with van der Waals surface area (Å²) in [6.45, 7) is 8.54. The molecule has 0 aromatic heterocycles. The molecule has 0 spiro atoms. The molecule has 1 aromatic carbocycles. The van der Waals surface area contributed by atoms with E-state index in [1.165, 1.54) is 12.8 Å². The molecule has 2 nitrogen and oxygen atoms in total. The zero-order valence-electron chi connectivity index (χ0n) is 13.1. The molecule has 1 aromatic rings. The van der Waals surface area contributed by atoms with Gasteiger partial charge in [0.1, 0.15) is 0 Å². The van der Waals surface area contributed by atoms with Gasteiger partial charge in [-0.25, -0.2) is 0 Å². The SMILES string of the molecule is CC(C)[C@@H]1CC[C@H](C)C[C@H]1OP(C)(=O)c1ccccc1. The van der Waals surface area contributed by atoms with Gasteiger partial charge in [0.2, 0.25) is 7.37 Å².